The number of nitrogen functional groups attached to an aromatic ring is 1. The van der Waals surface area contributed by atoms with E-state index in [1.807, 2.05) is 0 Å². The van der Waals surface area contributed by atoms with Crippen molar-refractivity contribution in [2.45, 2.75) is 17.9 Å². The molecule has 21 heavy (non-hydrogen) atoms. The van der Waals surface area contributed by atoms with Crippen LogP contribution in [0.4, 0.5) is 10.1 Å². The van der Waals surface area contributed by atoms with E-state index in [0.29, 0.717) is 11.3 Å². The molecule has 0 radical (unpaired) electrons. The maximum absolute atomic E-state index is 12.9. The third-order valence-corrected chi connectivity index (χ3v) is 4.97. The highest BCUT2D eigenvalue weighted by molar-refractivity contribution is 7.89. The smallest absolute Gasteiger partial charge is 0.242 e. The van der Waals surface area contributed by atoms with Gasteiger partial charge in [-0.1, -0.05) is 23.7 Å². The standard InChI is InChI=1S/C14H14ClFN2O2S/c1-9(10-2-4-11(16)5-3-10)18-21(19,20)14-7-6-12(17)8-13(14)15/h2-9,18H,17H2,1H3. The van der Waals surface area contributed by atoms with Gasteiger partial charge in [0.2, 0.25) is 10.0 Å². The van der Waals surface area contributed by atoms with Crippen molar-refractivity contribution in [1.82, 2.24) is 4.72 Å². The van der Waals surface area contributed by atoms with Crippen LogP contribution in [0.25, 0.3) is 0 Å². The van der Waals surface area contributed by atoms with Crippen molar-refractivity contribution in [3.05, 3.63) is 58.9 Å². The number of nitrogens with one attached hydrogen (secondary N) is 1. The molecule has 0 aliphatic heterocycles. The Bertz CT molecular complexity index is 748. The second kappa shape index (κ2) is 6.01. The van der Waals surface area contributed by atoms with Crippen molar-refractivity contribution in [3.8, 4) is 0 Å². The molecule has 0 aliphatic carbocycles. The van der Waals surface area contributed by atoms with Crippen LogP contribution in [0.5, 0.6) is 0 Å². The van der Waals surface area contributed by atoms with Crippen molar-refractivity contribution in [3.63, 3.8) is 0 Å². The van der Waals surface area contributed by atoms with Crippen molar-refractivity contribution in [2.24, 2.45) is 0 Å². The van der Waals surface area contributed by atoms with Gasteiger partial charge in [-0.3, -0.25) is 0 Å². The Kier molecular flexibility index (Phi) is 4.51. The molecule has 7 heteroatoms. The van der Waals surface area contributed by atoms with Gasteiger partial charge in [0.15, 0.2) is 0 Å². The second-order valence-electron chi connectivity index (χ2n) is 4.58. The highest BCUT2D eigenvalue weighted by atomic mass is 35.5. The fourth-order valence-corrected chi connectivity index (χ4v) is 3.64. The van der Waals surface area contributed by atoms with Crippen LogP contribution in [0.15, 0.2) is 47.4 Å². The van der Waals surface area contributed by atoms with Crippen LogP contribution >= 0.6 is 11.6 Å². The lowest BCUT2D eigenvalue weighted by Crippen LogP contribution is -2.27. The summed E-state index contributed by atoms with van der Waals surface area (Å²) in [4.78, 5) is -0.0488. The minimum absolute atomic E-state index is 0.0488. The average molecular weight is 329 g/mol. The molecule has 2 aromatic carbocycles. The number of sulfonamides is 1. The van der Waals surface area contributed by atoms with Gasteiger partial charge < -0.3 is 5.73 Å². The van der Waals surface area contributed by atoms with E-state index in [1.54, 1.807) is 6.92 Å². The Hall–Kier alpha value is -1.63. The van der Waals surface area contributed by atoms with Gasteiger partial charge in [0, 0.05) is 11.7 Å². The van der Waals surface area contributed by atoms with Crippen LogP contribution in [-0.4, -0.2) is 8.42 Å². The van der Waals surface area contributed by atoms with E-state index in [-0.39, 0.29) is 15.7 Å². The molecular weight excluding hydrogens is 315 g/mol. The number of benzene rings is 2. The number of rotatable bonds is 4. The fourth-order valence-electron chi connectivity index (χ4n) is 1.85. The molecule has 4 nitrogen and oxygen atoms in total. The summed E-state index contributed by atoms with van der Waals surface area (Å²) < 4.78 is 40.0. The Labute approximate surface area is 127 Å². The Morgan fingerprint density at radius 3 is 2.38 bits per heavy atom. The zero-order valence-corrected chi connectivity index (χ0v) is 12.7. The van der Waals surface area contributed by atoms with Crippen molar-refractivity contribution in [1.29, 1.82) is 0 Å². The summed E-state index contributed by atoms with van der Waals surface area (Å²) in [7, 11) is -3.80. The normalized spacial score (nSPS) is 13.1. The second-order valence-corrected chi connectivity index (χ2v) is 6.67. The maximum atomic E-state index is 12.9. The largest absolute Gasteiger partial charge is 0.399 e. The van der Waals surface area contributed by atoms with Gasteiger partial charge in [-0.25, -0.2) is 17.5 Å². The first-order valence-corrected chi connectivity index (χ1v) is 7.98. The molecule has 0 fully saturated rings. The first kappa shape index (κ1) is 15.8. The number of nitrogens with two attached hydrogens (primary N) is 1. The molecule has 0 spiro atoms. The molecule has 1 unspecified atom stereocenters. The molecule has 0 amide bonds. The van der Waals surface area contributed by atoms with E-state index < -0.39 is 16.1 Å². The predicted octanol–water partition coefficient (Wildman–Crippen LogP) is 3.10. The van der Waals surface area contributed by atoms with Crippen LogP contribution in [0.3, 0.4) is 0 Å². The molecule has 112 valence electrons. The maximum Gasteiger partial charge on any atom is 0.242 e. The summed E-state index contributed by atoms with van der Waals surface area (Å²) in [5.41, 5.74) is 6.57. The summed E-state index contributed by atoms with van der Waals surface area (Å²) in [6.45, 7) is 1.66. The van der Waals surface area contributed by atoms with E-state index in [0.717, 1.165) is 0 Å². The van der Waals surface area contributed by atoms with Gasteiger partial charge in [-0.15, -0.1) is 0 Å². The van der Waals surface area contributed by atoms with E-state index in [4.69, 9.17) is 17.3 Å². The zero-order valence-electron chi connectivity index (χ0n) is 11.2. The molecule has 2 rings (SSSR count). The van der Waals surface area contributed by atoms with E-state index in [2.05, 4.69) is 4.72 Å². The molecule has 0 aliphatic rings. The van der Waals surface area contributed by atoms with Crippen LogP contribution in [0, 0.1) is 5.82 Å². The minimum Gasteiger partial charge on any atom is -0.399 e. The fraction of sp³-hybridized carbons (Fsp3) is 0.143. The first-order chi connectivity index (χ1) is 9.79. The van der Waals surface area contributed by atoms with Gasteiger partial charge in [-0.05, 0) is 42.8 Å². The quantitative estimate of drug-likeness (QED) is 0.847. The molecule has 0 aromatic heterocycles. The molecule has 2 aromatic rings. The van der Waals surface area contributed by atoms with Crippen molar-refractivity contribution in [2.75, 3.05) is 5.73 Å². The monoisotopic (exact) mass is 328 g/mol. The van der Waals surface area contributed by atoms with Gasteiger partial charge in [0.05, 0.1) is 5.02 Å². The molecular formula is C14H14ClFN2O2S. The third-order valence-electron chi connectivity index (χ3n) is 2.95. The third kappa shape index (κ3) is 3.72. The summed E-state index contributed by atoms with van der Waals surface area (Å²) >= 11 is 5.92. The summed E-state index contributed by atoms with van der Waals surface area (Å²) in [6, 6.07) is 9.25. The summed E-state index contributed by atoms with van der Waals surface area (Å²) in [5.74, 6) is -0.379. The number of halogens is 2. The molecule has 3 N–H and O–H groups in total. The van der Waals surface area contributed by atoms with Gasteiger partial charge in [-0.2, -0.15) is 0 Å². The molecule has 1 atom stereocenters. The number of anilines is 1. The van der Waals surface area contributed by atoms with E-state index >= 15 is 0 Å². The Morgan fingerprint density at radius 1 is 1.19 bits per heavy atom. The van der Waals surface area contributed by atoms with Gasteiger partial charge in [0.1, 0.15) is 10.7 Å². The number of hydrogen-bond donors (Lipinski definition) is 2. The van der Waals surface area contributed by atoms with Gasteiger partial charge in [0.25, 0.3) is 0 Å². The van der Waals surface area contributed by atoms with Crippen molar-refractivity contribution >= 4 is 27.3 Å². The van der Waals surface area contributed by atoms with Crippen LogP contribution in [-0.2, 0) is 10.0 Å². The lowest BCUT2D eigenvalue weighted by molar-refractivity contribution is 0.566. The van der Waals surface area contributed by atoms with Crippen molar-refractivity contribution < 1.29 is 12.8 Å². The lowest BCUT2D eigenvalue weighted by Gasteiger charge is -2.15. The predicted molar refractivity (Wildman–Crippen MR) is 81.0 cm³/mol. The highest BCUT2D eigenvalue weighted by Crippen LogP contribution is 2.25. The van der Waals surface area contributed by atoms with Crippen LogP contribution in [0.1, 0.15) is 18.5 Å². The molecule has 0 bridgehead atoms. The lowest BCUT2D eigenvalue weighted by atomic mass is 10.1. The van der Waals surface area contributed by atoms with Crippen LogP contribution < -0.4 is 10.5 Å². The number of hydrogen-bond acceptors (Lipinski definition) is 3. The first-order valence-electron chi connectivity index (χ1n) is 6.12. The average Bonchev–Trinajstić information content (AvgIpc) is 2.38. The Balaban J connectivity index is 2.26. The summed E-state index contributed by atoms with van der Waals surface area (Å²) in [6.07, 6.45) is 0. The minimum atomic E-state index is -3.80. The molecule has 0 saturated heterocycles. The summed E-state index contributed by atoms with van der Waals surface area (Å²) in [5, 5.41) is 0.0498. The van der Waals surface area contributed by atoms with E-state index in [9.17, 15) is 12.8 Å². The molecule has 0 saturated carbocycles. The SMILES string of the molecule is CC(NS(=O)(=O)c1ccc(N)cc1Cl)c1ccc(F)cc1. The van der Waals surface area contributed by atoms with Crippen LogP contribution in [0.2, 0.25) is 5.02 Å². The van der Waals surface area contributed by atoms with Gasteiger partial charge >= 0.3 is 0 Å². The van der Waals surface area contributed by atoms with E-state index in [1.165, 1.54) is 42.5 Å². The highest BCUT2D eigenvalue weighted by Gasteiger charge is 2.21. The Morgan fingerprint density at radius 2 is 1.81 bits per heavy atom. The topological polar surface area (TPSA) is 72.2 Å². The zero-order chi connectivity index (χ0) is 15.6. The molecule has 0 heterocycles.